The van der Waals surface area contributed by atoms with Crippen LogP contribution in [0.5, 0.6) is 5.75 Å². The van der Waals surface area contributed by atoms with E-state index in [1.165, 1.54) is 0 Å². The molecule has 10 heavy (non-hydrogen) atoms. The van der Waals surface area contributed by atoms with Crippen molar-refractivity contribution >= 4 is 0 Å². The van der Waals surface area contributed by atoms with Gasteiger partial charge in [-0.3, -0.25) is 4.98 Å². The molecule has 0 unspecified atom stereocenters. The van der Waals surface area contributed by atoms with Crippen LogP contribution >= 0.6 is 0 Å². The van der Waals surface area contributed by atoms with Gasteiger partial charge in [-0.15, -0.1) is 0 Å². The topological polar surface area (TPSA) is 22.1 Å². The fraction of sp³-hybridized carbons (Fsp3) is 0.375. The second kappa shape index (κ2) is 3.20. The van der Waals surface area contributed by atoms with Crippen LogP contribution in [0.1, 0.15) is 12.6 Å². The Kier molecular flexibility index (Phi) is 2.26. The van der Waals surface area contributed by atoms with Crippen molar-refractivity contribution in [3.8, 4) is 5.75 Å². The molecule has 0 fully saturated rings. The molecule has 1 aromatic rings. The van der Waals surface area contributed by atoms with Gasteiger partial charge in [-0.05, 0) is 18.6 Å². The highest BCUT2D eigenvalue weighted by Crippen LogP contribution is 2.07. The van der Waals surface area contributed by atoms with Gasteiger partial charge in [0.15, 0.2) is 0 Å². The van der Waals surface area contributed by atoms with Crippen molar-refractivity contribution in [2.45, 2.75) is 13.3 Å². The standard InChI is InChI=1S/C8H11NO/c1-3-7-4-5-8(10-2)6-9-7/h4-6H,3H2,1-2H3. The number of aryl methyl sites for hydroxylation is 1. The molecule has 2 heteroatoms. The third-order valence-corrected chi connectivity index (χ3v) is 1.40. The number of hydrogen-bond donors (Lipinski definition) is 0. The first-order valence-corrected chi connectivity index (χ1v) is 3.35. The monoisotopic (exact) mass is 137 g/mol. The second-order valence-electron chi connectivity index (χ2n) is 2.04. The van der Waals surface area contributed by atoms with Crippen LogP contribution in [0.4, 0.5) is 0 Å². The van der Waals surface area contributed by atoms with E-state index in [1.807, 2.05) is 12.1 Å². The highest BCUT2D eigenvalue weighted by molar-refractivity contribution is 5.19. The number of hydrogen-bond acceptors (Lipinski definition) is 2. The summed E-state index contributed by atoms with van der Waals surface area (Å²) in [6.07, 6.45) is 2.71. The van der Waals surface area contributed by atoms with Gasteiger partial charge in [-0.2, -0.15) is 0 Å². The van der Waals surface area contributed by atoms with Gasteiger partial charge in [-0.1, -0.05) is 6.92 Å². The van der Waals surface area contributed by atoms with Gasteiger partial charge in [0, 0.05) is 5.69 Å². The average Bonchev–Trinajstić information content (AvgIpc) is 2.05. The van der Waals surface area contributed by atoms with Gasteiger partial charge >= 0.3 is 0 Å². The van der Waals surface area contributed by atoms with E-state index in [0.717, 1.165) is 17.9 Å². The lowest BCUT2D eigenvalue weighted by molar-refractivity contribution is 0.412. The van der Waals surface area contributed by atoms with E-state index in [9.17, 15) is 0 Å². The zero-order valence-electron chi connectivity index (χ0n) is 6.29. The van der Waals surface area contributed by atoms with E-state index in [4.69, 9.17) is 4.74 Å². The molecule has 0 aromatic carbocycles. The van der Waals surface area contributed by atoms with Crippen LogP contribution in [-0.4, -0.2) is 12.1 Å². The average molecular weight is 137 g/mol. The highest BCUT2D eigenvalue weighted by atomic mass is 16.5. The summed E-state index contributed by atoms with van der Waals surface area (Å²) in [7, 11) is 1.64. The summed E-state index contributed by atoms with van der Waals surface area (Å²) in [4.78, 5) is 4.14. The number of ether oxygens (including phenoxy) is 1. The fourth-order valence-corrected chi connectivity index (χ4v) is 0.741. The lowest BCUT2D eigenvalue weighted by Crippen LogP contribution is -1.87. The molecule has 0 N–H and O–H groups in total. The molecule has 1 aromatic heterocycles. The van der Waals surface area contributed by atoms with Gasteiger partial charge in [0.05, 0.1) is 13.3 Å². The summed E-state index contributed by atoms with van der Waals surface area (Å²) in [5.41, 5.74) is 1.10. The van der Waals surface area contributed by atoms with Crippen molar-refractivity contribution in [1.29, 1.82) is 0 Å². The van der Waals surface area contributed by atoms with E-state index in [0.29, 0.717) is 0 Å². The van der Waals surface area contributed by atoms with E-state index >= 15 is 0 Å². The number of nitrogens with zero attached hydrogens (tertiary/aromatic N) is 1. The van der Waals surface area contributed by atoms with E-state index in [2.05, 4.69) is 11.9 Å². The summed E-state index contributed by atoms with van der Waals surface area (Å²) >= 11 is 0. The van der Waals surface area contributed by atoms with E-state index in [1.54, 1.807) is 13.3 Å². The van der Waals surface area contributed by atoms with Crippen LogP contribution in [0, 0.1) is 0 Å². The molecular weight excluding hydrogens is 126 g/mol. The third kappa shape index (κ3) is 1.47. The highest BCUT2D eigenvalue weighted by Gasteiger charge is 1.90. The molecule has 0 bridgehead atoms. The maximum absolute atomic E-state index is 4.95. The minimum atomic E-state index is 0.817. The molecule has 0 aliphatic carbocycles. The maximum atomic E-state index is 4.95. The molecule has 54 valence electrons. The molecule has 0 amide bonds. The Labute approximate surface area is 60.9 Å². The first kappa shape index (κ1) is 7.06. The van der Waals surface area contributed by atoms with Gasteiger partial charge < -0.3 is 4.74 Å². The van der Waals surface area contributed by atoms with Crippen LogP contribution < -0.4 is 4.74 Å². The van der Waals surface area contributed by atoms with Crippen molar-refractivity contribution in [1.82, 2.24) is 4.98 Å². The van der Waals surface area contributed by atoms with Crippen LogP contribution in [0.3, 0.4) is 0 Å². The minimum Gasteiger partial charge on any atom is -0.495 e. The minimum absolute atomic E-state index is 0.817. The first-order chi connectivity index (χ1) is 4.86. The molecule has 0 saturated carbocycles. The summed E-state index contributed by atoms with van der Waals surface area (Å²) < 4.78 is 4.95. The quantitative estimate of drug-likeness (QED) is 0.618. The number of pyridine rings is 1. The summed E-state index contributed by atoms with van der Waals surface area (Å²) in [6, 6.07) is 3.89. The Balaban J connectivity index is 2.80. The Bertz CT molecular complexity index is 170. The lowest BCUT2D eigenvalue weighted by atomic mass is 10.3. The molecule has 2 nitrogen and oxygen atoms in total. The summed E-state index contributed by atoms with van der Waals surface area (Å²) in [5, 5.41) is 0. The molecule has 0 aliphatic heterocycles. The Morgan fingerprint density at radius 3 is 2.70 bits per heavy atom. The van der Waals surface area contributed by atoms with E-state index < -0.39 is 0 Å². The number of aromatic nitrogens is 1. The zero-order valence-corrected chi connectivity index (χ0v) is 6.29. The Hall–Kier alpha value is -1.05. The fourth-order valence-electron chi connectivity index (χ4n) is 0.741. The molecule has 1 heterocycles. The molecule has 0 radical (unpaired) electrons. The largest absolute Gasteiger partial charge is 0.495 e. The van der Waals surface area contributed by atoms with Gasteiger partial charge in [0.25, 0.3) is 0 Å². The number of rotatable bonds is 2. The van der Waals surface area contributed by atoms with Crippen molar-refractivity contribution in [3.63, 3.8) is 0 Å². The molecule has 1 rings (SSSR count). The molecular formula is C8H11NO. The van der Waals surface area contributed by atoms with Crippen LogP contribution in [-0.2, 0) is 6.42 Å². The smallest absolute Gasteiger partial charge is 0.137 e. The maximum Gasteiger partial charge on any atom is 0.137 e. The predicted molar refractivity (Wildman–Crippen MR) is 40.2 cm³/mol. The lowest BCUT2D eigenvalue weighted by Gasteiger charge is -1.98. The molecule has 0 aliphatic rings. The second-order valence-corrected chi connectivity index (χ2v) is 2.04. The third-order valence-electron chi connectivity index (χ3n) is 1.40. The number of methoxy groups -OCH3 is 1. The van der Waals surface area contributed by atoms with Crippen molar-refractivity contribution in [2.75, 3.05) is 7.11 Å². The zero-order chi connectivity index (χ0) is 7.40. The van der Waals surface area contributed by atoms with Crippen molar-refractivity contribution in [3.05, 3.63) is 24.0 Å². The van der Waals surface area contributed by atoms with Crippen LogP contribution in [0.2, 0.25) is 0 Å². The Morgan fingerprint density at radius 2 is 2.30 bits per heavy atom. The SMILES string of the molecule is CCc1ccc(OC)cn1. The van der Waals surface area contributed by atoms with E-state index in [-0.39, 0.29) is 0 Å². The van der Waals surface area contributed by atoms with Gasteiger partial charge in [0.1, 0.15) is 5.75 Å². The predicted octanol–water partition coefficient (Wildman–Crippen LogP) is 1.65. The van der Waals surface area contributed by atoms with Crippen LogP contribution in [0.15, 0.2) is 18.3 Å². The first-order valence-electron chi connectivity index (χ1n) is 3.35. The van der Waals surface area contributed by atoms with Crippen molar-refractivity contribution < 1.29 is 4.74 Å². The normalized spacial score (nSPS) is 9.40. The van der Waals surface area contributed by atoms with Crippen molar-refractivity contribution in [2.24, 2.45) is 0 Å². The van der Waals surface area contributed by atoms with Gasteiger partial charge in [-0.25, -0.2) is 0 Å². The summed E-state index contributed by atoms with van der Waals surface area (Å²) in [6.45, 7) is 2.08. The molecule has 0 atom stereocenters. The summed E-state index contributed by atoms with van der Waals surface area (Å²) in [5.74, 6) is 0.817. The van der Waals surface area contributed by atoms with Gasteiger partial charge in [0.2, 0.25) is 0 Å². The van der Waals surface area contributed by atoms with Crippen LogP contribution in [0.25, 0.3) is 0 Å². The Morgan fingerprint density at radius 1 is 1.50 bits per heavy atom. The molecule has 0 spiro atoms. The molecule has 0 saturated heterocycles.